The maximum Gasteiger partial charge on any atom is 0.335 e. The van der Waals surface area contributed by atoms with E-state index in [2.05, 4.69) is 161 Å². The molecule has 0 N–H and O–H groups in total. The Hall–Kier alpha value is -5.87. The van der Waals surface area contributed by atoms with Crippen LogP contribution in [0.3, 0.4) is 0 Å². The molecule has 6 rings (SSSR count). The fourth-order valence-corrected chi connectivity index (χ4v) is 5.92. The van der Waals surface area contributed by atoms with Crippen molar-refractivity contribution in [1.82, 2.24) is 0 Å². The van der Waals surface area contributed by atoms with Crippen LogP contribution >= 0.6 is 0 Å². The van der Waals surface area contributed by atoms with Gasteiger partial charge in [0, 0.05) is 40.2 Å². The number of hydrogen-bond acceptors (Lipinski definition) is 4. The number of rotatable bonds is 9. The number of ether oxygens (including phenoxy) is 1. The summed E-state index contributed by atoms with van der Waals surface area (Å²) in [5.74, 6) is -0.00772. The van der Waals surface area contributed by atoms with Gasteiger partial charge in [-0.05, 0) is 171 Å². The lowest BCUT2D eigenvalue weighted by atomic mass is 10.0. The number of benzene rings is 6. The third kappa shape index (κ3) is 7.19. The summed E-state index contributed by atoms with van der Waals surface area (Å²) in [6, 6.07) is 44.8. The Morgan fingerprint density at radius 3 is 1.08 bits per heavy atom. The smallest absolute Gasteiger partial charge is 0.335 e. The van der Waals surface area contributed by atoms with Crippen molar-refractivity contribution in [2.24, 2.45) is 0 Å². The number of esters is 1. The molecule has 0 aliphatic rings. The molecule has 0 atom stereocenters. The van der Waals surface area contributed by atoms with Gasteiger partial charge < -0.3 is 14.5 Å². The van der Waals surface area contributed by atoms with E-state index in [-0.39, 0.29) is 0 Å². The Morgan fingerprint density at radius 1 is 0.449 bits per heavy atom. The highest BCUT2D eigenvalue weighted by Gasteiger charge is 2.16. The molecule has 0 amide bonds. The van der Waals surface area contributed by atoms with Gasteiger partial charge in [-0.15, -0.1) is 0 Å². The molecular weight excluding hydrogens is 601 g/mol. The fourth-order valence-electron chi connectivity index (χ4n) is 5.92. The van der Waals surface area contributed by atoms with Gasteiger partial charge in [-0.3, -0.25) is 0 Å². The Bertz CT molecular complexity index is 2080. The van der Waals surface area contributed by atoms with E-state index in [9.17, 15) is 4.79 Å². The molecule has 0 heterocycles. The average molecular weight is 643 g/mol. The summed E-state index contributed by atoms with van der Waals surface area (Å²) >= 11 is 0. The number of carbonyl (C=O) groups is 1. The summed E-state index contributed by atoms with van der Waals surface area (Å²) in [6.45, 7) is 16.4. The van der Waals surface area contributed by atoms with E-state index in [0.29, 0.717) is 5.75 Å². The van der Waals surface area contributed by atoms with E-state index >= 15 is 0 Å². The maximum absolute atomic E-state index is 11.7. The summed E-state index contributed by atoms with van der Waals surface area (Å²) in [5.41, 5.74) is 16.2. The van der Waals surface area contributed by atoms with Gasteiger partial charge in [-0.1, -0.05) is 49.0 Å². The second-order valence-corrected chi connectivity index (χ2v) is 12.7. The monoisotopic (exact) mass is 642 g/mol. The summed E-state index contributed by atoms with van der Waals surface area (Å²) in [7, 11) is 0. The van der Waals surface area contributed by atoms with Crippen molar-refractivity contribution < 1.29 is 9.53 Å². The number of hydrogen-bond donors (Lipinski definition) is 0. The van der Waals surface area contributed by atoms with Crippen LogP contribution in [0.15, 0.2) is 140 Å². The van der Waals surface area contributed by atoms with E-state index < -0.39 is 5.97 Å². The van der Waals surface area contributed by atoms with Crippen molar-refractivity contribution in [2.45, 2.75) is 41.5 Å². The molecule has 0 spiro atoms. The van der Waals surface area contributed by atoms with Crippen molar-refractivity contribution in [1.29, 1.82) is 0 Å². The Morgan fingerprint density at radius 2 is 0.755 bits per heavy atom. The summed E-state index contributed by atoms with van der Waals surface area (Å²) < 4.78 is 5.32. The quantitative estimate of drug-likeness (QED) is 0.0892. The first-order valence-electron chi connectivity index (χ1n) is 16.6. The van der Waals surface area contributed by atoms with Crippen LogP contribution in [-0.2, 0) is 4.79 Å². The van der Waals surface area contributed by atoms with Crippen LogP contribution in [0.2, 0.25) is 0 Å². The summed E-state index contributed by atoms with van der Waals surface area (Å²) in [5, 5.41) is 0. The van der Waals surface area contributed by atoms with Crippen molar-refractivity contribution >= 4 is 40.1 Å². The lowest BCUT2D eigenvalue weighted by molar-refractivity contribution is -0.128. The van der Waals surface area contributed by atoms with E-state index in [1.165, 1.54) is 33.4 Å². The Balaban J connectivity index is 1.33. The first kappa shape index (κ1) is 33.0. The zero-order valence-electron chi connectivity index (χ0n) is 29.1. The second-order valence-electron chi connectivity index (χ2n) is 12.7. The third-order valence-electron chi connectivity index (χ3n) is 9.31. The van der Waals surface area contributed by atoms with Crippen LogP contribution in [0, 0.1) is 41.5 Å². The molecule has 0 unspecified atom stereocenters. The SMILES string of the molecule is C=CC(=O)Oc1ccc(N(c2ccc(-c3ccc(N(c4ccc(C)c(C)c4)c4ccc(C)c(C)c4)cc3)cc2)c2ccc(C)c(C)c2)cc1. The normalized spacial score (nSPS) is 10.8. The van der Waals surface area contributed by atoms with Gasteiger partial charge in [-0.2, -0.15) is 0 Å². The molecule has 0 aromatic heterocycles. The minimum atomic E-state index is -0.481. The highest BCUT2D eigenvalue weighted by molar-refractivity contribution is 5.84. The van der Waals surface area contributed by atoms with Gasteiger partial charge in [0.25, 0.3) is 0 Å². The predicted octanol–water partition coefficient (Wildman–Crippen LogP) is 12.2. The van der Waals surface area contributed by atoms with Crippen LogP contribution < -0.4 is 14.5 Å². The maximum atomic E-state index is 11.7. The van der Waals surface area contributed by atoms with Gasteiger partial charge >= 0.3 is 5.97 Å². The molecule has 0 aliphatic heterocycles. The van der Waals surface area contributed by atoms with Crippen molar-refractivity contribution in [3.63, 3.8) is 0 Å². The van der Waals surface area contributed by atoms with Crippen molar-refractivity contribution in [2.75, 3.05) is 9.80 Å². The standard InChI is InChI=1S/C45H42N2O2/c1-8-45(48)49-44-25-23-40(24-26-44)46(41-16-9-30(2)33(5)27-41)38-19-12-36(13-20-38)37-14-21-39(22-15-37)47(42-17-10-31(3)34(6)28-42)43-18-11-32(4)35(7)29-43/h8-29H,1H2,2-7H3. The molecular formula is C45H42N2O2. The van der Waals surface area contributed by atoms with Crippen LogP contribution in [0.1, 0.15) is 33.4 Å². The van der Waals surface area contributed by atoms with Gasteiger partial charge in [0.2, 0.25) is 0 Å². The largest absolute Gasteiger partial charge is 0.423 e. The van der Waals surface area contributed by atoms with Gasteiger partial charge in [0.15, 0.2) is 0 Å². The Kier molecular flexibility index (Phi) is 9.50. The zero-order chi connectivity index (χ0) is 34.7. The lowest BCUT2D eigenvalue weighted by Gasteiger charge is -2.27. The predicted molar refractivity (Wildman–Crippen MR) is 205 cm³/mol. The molecule has 6 aromatic rings. The van der Waals surface area contributed by atoms with Gasteiger partial charge in [0.05, 0.1) is 0 Å². The molecule has 0 bridgehead atoms. The zero-order valence-corrected chi connectivity index (χ0v) is 29.1. The molecule has 0 saturated carbocycles. The number of aryl methyl sites for hydroxylation is 6. The van der Waals surface area contributed by atoms with Crippen molar-refractivity contribution in [3.8, 4) is 16.9 Å². The molecule has 244 valence electrons. The topological polar surface area (TPSA) is 32.8 Å². The van der Waals surface area contributed by atoms with Gasteiger partial charge in [-0.25, -0.2) is 4.79 Å². The Labute approximate surface area is 290 Å². The van der Waals surface area contributed by atoms with E-state index in [4.69, 9.17) is 4.74 Å². The molecule has 49 heavy (non-hydrogen) atoms. The second kappa shape index (κ2) is 14.1. The average Bonchev–Trinajstić information content (AvgIpc) is 3.11. The molecule has 0 fully saturated rings. The molecule has 0 radical (unpaired) electrons. The highest BCUT2D eigenvalue weighted by atomic mass is 16.5. The van der Waals surface area contributed by atoms with Crippen LogP contribution in [0.4, 0.5) is 34.1 Å². The molecule has 6 aromatic carbocycles. The summed E-state index contributed by atoms with van der Waals surface area (Å²) in [4.78, 5) is 16.3. The minimum Gasteiger partial charge on any atom is -0.423 e. The molecule has 0 aliphatic carbocycles. The van der Waals surface area contributed by atoms with E-state index in [0.717, 1.165) is 51.3 Å². The van der Waals surface area contributed by atoms with Gasteiger partial charge in [0.1, 0.15) is 5.75 Å². The first-order valence-corrected chi connectivity index (χ1v) is 16.6. The van der Waals surface area contributed by atoms with Crippen LogP contribution in [0.5, 0.6) is 5.75 Å². The third-order valence-corrected chi connectivity index (χ3v) is 9.31. The first-order chi connectivity index (χ1) is 23.6. The lowest BCUT2D eigenvalue weighted by Crippen LogP contribution is -2.11. The number of nitrogens with zero attached hydrogens (tertiary/aromatic N) is 2. The van der Waals surface area contributed by atoms with Crippen LogP contribution in [-0.4, -0.2) is 5.97 Å². The summed E-state index contributed by atoms with van der Waals surface area (Å²) in [6.07, 6.45) is 1.16. The van der Waals surface area contributed by atoms with Crippen LogP contribution in [0.25, 0.3) is 11.1 Å². The van der Waals surface area contributed by atoms with Crippen molar-refractivity contribution in [3.05, 3.63) is 173 Å². The highest BCUT2D eigenvalue weighted by Crippen LogP contribution is 2.39. The van der Waals surface area contributed by atoms with E-state index in [1.807, 2.05) is 12.1 Å². The molecule has 4 nitrogen and oxygen atoms in total. The number of anilines is 6. The van der Waals surface area contributed by atoms with E-state index in [1.54, 1.807) is 12.1 Å². The number of carbonyl (C=O) groups excluding carboxylic acids is 1. The minimum absolute atomic E-state index is 0.473. The molecule has 0 saturated heterocycles. The molecule has 4 heteroatoms. The fraction of sp³-hybridized carbons (Fsp3) is 0.133.